The molecule has 0 bridgehead atoms. The molecular formula is C16H13ClN6O4S2. The zero-order valence-electron chi connectivity index (χ0n) is 14.7. The Morgan fingerprint density at radius 2 is 1.97 bits per heavy atom. The van der Waals surface area contributed by atoms with Gasteiger partial charge in [-0.25, -0.2) is 13.6 Å². The van der Waals surface area contributed by atoms with Crippen molar-refractivity contribution >= 4 is 67.4 Å². The van der Waals surface area contributed by atoms with Gasteiger partial charge in [0, 0.05) is 5.57 Å². The normalized spacial score (nSPS) is 11.8. The van der Waals surface area contributed by atoms with Gasteiger partial charge in [-0.05, 0) is 31.2 Å². The molecule has 29 heavy (non-hydrogen) atoms. The lowest BCUT2D eigenvalue weighted by molar-refractivity contribution is -0.112. The SMILES string of the molecule is C=C(C)C(=O)Nc1cc(/N=N/c2ccc(S(N)(=O)=O)c3nsnc23)cc(Cl)c1O. The third-order valence-electron chi connectivity index (χ3n) is 3.62. The number of phenolic OH excluding ortho intramolecular Hbond substituents is 1. The van der Waals surface area contributed by atoms with Crippen LogP contribution in [0.4, 0.5) is 17.1 Å². The van der Waals surface area contributed by atoms with E-state index in [1.165, 1.54) is 31.2 Å². The average molecular weight is 453 g/mol. The van der Waals surface area contributed by atoms with Crippen LogP contribution in [0.5, 0.6) is 5.75 Å². The van der Waals surface area contributed by atoms with Crippen molar-refractivity contribution in [3.63, 3.8) is 0 Å². The van der Waals surface area contributed by atoms with E-state index in [1.54, 1.807) is 0 Å². The summed E-state index contributed by atoms with van der Waals surface area (Å²) in [4.78, 5) is 11.6. The summed E-state index contributed by atoms with van der Waals surface area (Å²) in [5.74, 6) is -0.830. The first kappa shape index (κ1) is 20.8. The van der Waals surface area contributed by atoms with Gasteiger partial charge >= 0.3 is 0 Å². The van der Waals surface area contributed by atoms with E-state index in [-0.39, 0.29) is 49.3 Å². The second kappa shape index (κ2) is 7.83. The Balaban J connectivity index is 2.01. The van der Waals surface area contributed by atoms with Crippen molar-refractivity contribution in [1.29, 1.82) is 0 Å². The summed E-state index contributed by atoms with van der Waals surface area (Å²) in [6, 6.07) is 5.35. The van der Waals surface area contributed by atoms with Gasteiger partial charge in [0.15, 0.2) is 5.75 Å². The topological polar surface area (TPSA) is 160 Å². The van der Waals surface area contributed by atoms with E-state index in [2.05, 4.69) is 30.9 Å². The lowest BCUT2D eigenvalue weighted by atomic mass is 10.2. The molecule has 3 rings (SSSR count). The molecule has 0 saturated heterocycles. The van der Waals surface area contributed by atoms with Gasteiger partial charge in [0.25, 0.3) is 5.91 Å². The van der Waals surface area contributed by atoms with E-state index in [0.29, 0.717) is 0 Å². The van der Waals surface area contributed by atoms with E-state index < -0.39 is 15.9 Å². The van der Waals surface area contributed by atoms with Crippen molar-refractivity contribution in [2.24, 2.45) is 15.4 Å². The highest BCUT2D eigenvalue weighted by Gasteiger charge is 2.18. The molecule has 150 valence electrons. The highest BCUT2D eigenvalue weighted by Crippen LogP contribution is 2.37. The lowest BCUT2D eigenvalue weighted by Gasteiger charge is -2.09. The van der Waals surface area contributed by atoms with Crippen LogP contribution in [0.1, 0.15) is 6.92 Å². The number of nitrogens with one attached hydrogen (secondary N) is 1. The van der Waals surface area contributed by atoms with Crippen molar-refractivity contribution in [2.45, 2.75) is 11.8 Å². The Hall–Kier alpha value is -2.93. The largest absolute Gasteiger partial charge is 0.504 e. The Kier molecular flexibility index (Phi) is 5.61. The number of primary sulfonamides is 1. The van der Waals surface area contributed by atoms with Crippen molar-refractivity contribution < 1.29 is 18.3 Å². The number of anilines is 1. The summed E-state index contributed by atoms with van der Waals surface area (Å²) in [5.41, 5.74) is 1.04. The number of hydrogen-bond donors (Lipinski definition) is 3. The van der Waals surface area contributed by atoms with Crippen LogP contribution in [0.2, 0.25) is 5.02 Å². The molecular weight excluding hydrogens is 440 g/mol. The van der Waals surface area contributed by atoms with Gasteiger partial charge in [0.1, 0.15) is 21.6 Å². The maximum absolute atomic E-state index is 11.8. The minimum atomic E-state index is -3.98. The molecule has 10 nitrogen and oxygen atoms in total. The summed E-state index contributed by atoms with van der Waals surface area (Å²) in [6.07, 6.45) is 0. The number of rotatable bonds is 5. The van der Waals surface area contributed by atoms with Gasteiger partial charge in [-0.1, -0.05) is 18.2 Å². The molecule has 0 spiro atoms. The minimum absolute atomic E-state index is 0.0319. The van der Waals surface area contributed by atoms with E-state index in [4.69, 9.17) is 16.7 Å². The van der Waals surface area contributed by atoms with E-state index >= 15 is 0 Å². The molecule has 1 aromatic heterocycles. The van der Waals surface area contributed by atoms with Crippen molar-refractivity contribution in [2.75, 3.05) is 5.32 Å². The van der Waals surface area contributed by atoms with Crippen LogP contribution in [0.3, 0.4) is 0 Å². The fraction of sp³-hybridized carbons (Fsp3) is 0.0625. The fourth-order valence-electron chi connectivity index (χ4n) is 2.22. The molecule has 1 heterocycles. The lowest BCUT2D eigenvalue weighted by Crippen LogP contribution is -2.12. The second-order valence-electron chi connectivity index (χ2n) is 5.85. The van der Waals surface area contributed by atoms with Gasteiger partial charge in [0.2, 0.25) is 10.0 Å². The number of azo groups is 1. The number of halogens is 1. The van der Waals surface area contributed by atoms with Crippen LogP contribution in [-0.4, -0.2) is 28.2 Å². The molecule has 4 N–H and O–H groups in total. The van der Waals surface area contributed by atoms with E-state index in [1.807, 2.05) is 0 Å². The number of phenols is 1. The van der Waals surface area contributed by atoms with Gasteiger partial charge in [-0.2, -0.15) is 13.9 Å². The number of benzene rings is 2. The maximum Gasteiger partial charge on any atom is 0.250 e. The molecule has 0 unspecified atom stereocenters. The number of carbonyl (C=O) groups is 1. The highest BCUT2D eigenvalue weighted by molar-refractivity contribution is 7.89. The van der Waals surface area contributed by atoms with Gasteiger partial charge < -0.3 is 10.4 Å². The number of amides is 1. The zero-order valence-corrected chi connectivity index (χ0v) is 17.1. The number of aromatic hydroxyl groups is 1. The molecule has 0 aliphatic rings. The van der Waals surface area contributed by atoms with Gasteiger partial charge in [0.05, 0.1) is 28.1 Å². The van der Waals surface area contributed by atoms with Crippen LogP contribution in [0, 0.1) is 0 Å². The molecule has 0 fully saturated rings. The molecule has 0 radical (unpaired) electrons. The number of nitrogens with zero attached hydrogens (tertiary/aromatic N) is 4. The number of nitrogens with two attached hydrogens (primary N) is 1. The summed E-state index contributed by atoms with van der Waals surface area (Å²) in [6.45, 7) is 5.03. The van der Waals surface area contributed by atoms with Crippen LogP contribution >= 0.6 is 23.3 Å². The molecule has 2 aromatic carbocycles. The third-order valence-corrected chi connectivity index (χ3v) is 5.38. The van der Waals surface area contributed by atoms with Crippen molar-refractivity contribution in [1.82, 2.24) is 8.75 Å². The van der Waals surface area contributed by atoms with Crippen LogP contribution in [-0.2, 0) is 14.8 Å². The monoisotopic (exact) mass is 452 g/mol. The molecule has 3 aromatic rings. The summed E-state index contributed by atoms with van der Waals surface area (Å²) in [5, 5.41) is 25.7. The molecule has 13 heteroatoms. The standard InChI is InChI=1S/C16H13ClN6O4S2/c1-7(2)16(25)19-11-6-8(5-9(17)15(11)24)20-21-10-3-4-12(29(18,26)27)14-13(10)22-28-23-14/h3-6,24H,1H2,2H3,(H,19,25)(H2,18,26,27)/b21-20+. The minimum Gasteiger partial charge on any atom is -0.504 e. The molecule has 1 amide bonds. The van der Waals surface area contributed by atoms with Gasteiger partial charge in [-0.15, -0.1) is 5.11 Å². The zero-order chi connectivity index (χ0) is 21.3. The number of fused-ring (bicyclic) bond motifs is 1. The molecule has 0 atom stereocenters. The predicted molar refractivity (Wildman–Crippen MR) is 110 cm³/mol. The average Bonchev–Trinajstić information content (AvgIpc) is 3.12. The van der Waals surface area contributed by atoms with Crippen LogP contribution in [0.15, 0.2) is 51.5 Å². The third kappa shape index (κ3) is 4.40. The number of aromatic nitrogens is 2. The molecule has 0 aliphatic carbocycles. The van der Waals surface area contributed by atoms with E-state index in [9.17, 15) is 18.3 Å². The maximum atomic E-state index is 11.8. The molecule has 0 saturated carbocycles. The quantitative estimate of drug-likeness (QED) is 0.304. The second-order valence-corrected chi connectivity index (χ2v) is 8.31. The molecule has 0 aliphatic heterocycles. The smallest absolute Gasteiger partial charge is 0.250 e. The predicted octanol–water partition coefficient (Wildman–Crippen LogP) is 3.63. The Morgan fingerprint density at radius 3 is 2.62 bits per heavy atom. The van der Waals surface area contributed by atoms with Crippen molar-refractivity contribution in [3.8, 4) is 5.75 Å². The first-order chi connectivity index (χ1) is 13.6. The Morgan fingerprint density at radius 1 is 1.28 bits per heavy atom. The van der Waals surface area contributed by atoms with Gasteiger partial charge in [-0.3, -0.25) is 4.79 Å². The Bertz CT molecular complexity index is 1290. The number of sulfonamides is 1. The fourth-order valence-corrected chi connectivity index (χ4v) is 3.73. The summed E-state index contributed by atoms with van der Waals surface area (Å²) in [7, 11) is -3.98. The summed E-state index contributed by atoms with van der Waals surface area (Å²) >= 11 is 6.79. The number of hydrogen-bond acceptors (Lipinski definition) is 9. The first-order valence-corrected chi connectivity index (χ1v) is 10.4. The van der Waals surface area contributed by atoms with E-state index in [0.717, 1.165) is 11.7 Å². The first-order valence-electron chi connectivity index (χ1n) is 7.77. The highest BCUT2D eigenvalue weighted by atomic mass is 35.5. The number of carbonyl (C=O) groups excluding carboxylic acids is 1. The van der Waals surface area contributed by atoms with Crippen LogP contribution in [0.25, 0.3) is 11.0 Å². The van der Waals surface area contributed by atoms with Crippen molar-refractivity contribution in [3.05, 3.63) is 41.4 Å². The van der Waals surface area contributed by atoms with Crippen LogP contribution < -0.4 is 10.5 Å². The summed E-state index contributed by atoms with van der Waals surface area (Å²) < 4.78 is 31.3. The Labute approximate surface area is 174 Å².